The molecule has 2 aliphatic rings. The maximum Gasteiger partial charge on any atom is 0.307 e. The minimum atomic E-state index is -0.362. The van der Waals surface area contributed by atoms with Crippen LogP contribution in [-0.2, 0) is 14.3 Å². The van der Waals surface area contributed by atoms with E-state index in [-0.39, 0.29) is 42.8 Å². The Morgan fingerprint density at radius 1 is 1.22 bits per heavy atom. The van der Waals surface area contributed by atoms with E-state index in [2.05, 4.69) is 15.2 Å². The molecule has 0 spiro atoms. The van der Waals surface area contributed by atoms with E-state index in [4.69, 9.17) is 20.9 Å². The first-order valence-corrected chi connectivity index (χ1v) is 12.1. The Bertz CT molecular complexity index is 1240. The van der Waals surface area contributed by atoms with Gasteiger partial charge in [-0.25, -0.2) is 4.98 Å². The number of carbonyl (C=O) groups is 2. The molecule has 1 aromatic carbocycles. The minimum Gasteiger partial charge on any atom is -0.466 e. The van der Waals surface area contributed by atoms with Crippen molar-refractivity contribution in [3.05, 3.63) is 78.0 Å². The van der Waals surface area contributed by atoms with E-state index in [1.165, 1.54) is 4.90 Å². The molecule has 2 aromatic rings. The molecule has 10 heteroatoms. The van der Waals surface area contributed by atoms with Crippen molar-refractivity contribution in [3.63, 3.8) is 0 Å². The van der Waals surface area contributed by atoms with Gasteiger partial charge in [0.1, 0.15) is 17.5 Å². The molecule has 1 aliphatic carbocycles. The monoisotopic (exact) mass is 501 g/mol. The number of nitrogen functional groups attached to an aromatic ring is 1. The van der Waals surface area contributed by atoms with Gasteiger partial charge in [0.25, 0.3) is 5.91 Å². The van der Waals surface area contributed by atoms with Gasteiger partial charge in [0.15, 0.2) is 0 Å². The predicted octanol–water partition coefficient (Wildman–Crippen LogP) is 2.34. The number of fused-ring (bicyclic) bond motifs is 1. The highest BCUT2D eigenvalue weighted by atomic mass is 16.5. The largest absolute Gasteiger partial charge is 0.466 e. The van der Waals surface area contributed by atoms with Crippen LogP contribution in [0.3, 0.4) is 0 Å². The number of amidine groups is 2. The van der Waals surface area contributed by atoms with Gasteiger partial charge < -0.3 is 20.7 Å². The first-order valence-electron chi connectivity index (χ1n) is 12.1. The Hall–Kier alpha value is -4.47. The Morgan fingerprint density at radius 3 is 2.68 bits per heavy atom. The lowest BCUT2D eigenvalue weighted by Gasteiger charge is -2.27. The maximum absolute atomic E-state index is 13.5. The van der Waals surface area contributed by atoms with Gasteiger partial charge in [-0.2, -0.15) is 0 Å². The molecular formula is C27H31N7O3. The summed E-state index contributed by atoms with van der Waals surface area (Å²) in [5.74, 6) is 0.763. The lowest BCUT2D eigenvalue weighted by Crippen LogP contribution is -2.40. The molecule has 4 N–H and O–H groups in total. The number of anilines is 2. The van der Waals surface area contributed by atoms with Crippen LogP contribution in [0.5, 0.6) is 0 Å². The average Bonchev–Trinajstić information content (AvgIpc) is 3.23. The number of aliphatic imine (C=N–C) groups is 1. The third-order valence-corrected chi connectivity index (χ3v) is 6.23. The first-order chi connectivity index (χ1) is 17.9. The number of hydrogen-bond acceptors (Lipinski definition) is 8. The number of nitrogens with two attached hydrogens (primary N) is 1. The van der Waals surface area contributed by atoms with Crippen LogP contribution in [0.25, 0.3) is 0 Å². The normalized spacial score (nSPS) is 17.9. The number of benzene rings is 1. The summed E-state index contributed by atoms with van der Waals surface area (Å²) in [6.07, 6.45) is 7.36. The van der Waals surface area contributed by atoms with Crippen LogP contribution in [0.1, 0.15) is 18.9 Å². The molecule has 2 atom stereocenters. The highest BCUT2D eigenvalue weighted by Gasteiger charge is 2.34. The smallest absolute Gasteiger partial charge is 0.307 e. The molecule has 0 fully saturated rings. The van der Waals surface area contributed by atoms with E-state index in [9.17, 15) is 9.59 Å². The van der Waals surface area contributed by atoms with Crippen LogP contribution in [0.4, 0.5) is 11.5 Å². The van der Waals surface area contributed by atoms with Crippen molar-refractivity contribution in [2.75, 3.05) is 37.0 Å². The van der Waals surface area contributed by atoms with Gasteiger partial charge in [-0.3, -0.25) is 24.9 Å². The van der Waals surface area contributed by atoms with Gasteiger partial charge in [0.2, 0.25) is 0 Å². The number of pyridine rings is 1. The minimum absolute atomic E-state index is 0.0104. The summed E-state index contributed by atoms with van der Waals surface area (Å²) in [6.45, 7) is 2.71. The van der Waals surface area contributed by atoms with E-state index < -0.39 is 0 Å². The van der Waals surface area contributed by atoms with E-state index in [1.54, 1.807) is 43.5 Å². The zero-order valence-electron chi connectivity index (χ0n) is 20.9. The van der Waals surface area contributed by atoms with Crippen LogP contribution >= 0.6 is 0 Å². The molecule has 192 valence electrons. The summed E-state index contributed by atoms with van der Waals surface area (Å²) >= 11 is 0. The summed E-state index contributed by atoms with van der Waals surface area (Å²) in [6, 6.07) is 12.5. The Labute approximate surface area is 216 Å². The van der Waals surface area contributed by atoms with Gasteiger partial charge in [0, 0.05) is 36.6 Å². The molecule has 0 radical (unpaired) electrons. The van der Waals surface area contributed by atoms with Crippen LogP contribution < -0.4 is 16.0 Å². The van der Waals surface area contributed by atoms with Crippen molar-refractivity contribution in [3.8, 4) is 0 Å². The lowest BCUT2D eigenvalue weighted by molar-refractivity contribution is -0.142. The molecule has 1 aliphatic heterocycles. The molecule has 1 aromatic heterocycles. The molecule has 2 unspecified atom stereocenters. The molecule has 1 amide bonds. The second-order valence-electron chi connectivity index (χ2n) is 8.66. The third-order valence-electron chi connectivity index (χ3n) is 6.23. The SMILES string of the molecule is CCOC(=O)CCN(C(=O)C1=CC2N=C(CNc3ccc(C(=N)N)cc3)N(C)C2C=C1)c1ccccn1. The van der Waals surface area contributed by atoms with E-state index in [0.717, 1.165) is 11.5 Å². The third kappa shape index (κ3) is 6.03. The average molecular weight is 502 g/mol. The van der Waals surface area contributed by atoms with Crippen molar-refractivity contribution < 1.29 is 14.3 Å². The predicted molar refractivity (Wildman–Crippen MR) is 144 cm³/mol. The molecule has 0 saturated heterocycles. The van der Waals surface area contributed by atoms with E-state index in [0.29, 0.717) is 30.1 Å². The number of ether oxygens (including phenoxy) is 1. The topological polar surface area (TPSA) is 137 Å². The van der Waals surface area contributed by atoms with Crippen LogP contribution in [0, 0.1) is 5.41 Å². The van der Waals surface area contributed by atoms with Gasteiger partial charge in [0.05, 0.1) is 31.7 Å². The number of carbonyl (C=O) groups excluding carboxylic acids is 2. The number of nitrogens with one attached hydrogen (secondary N) is 2. The zero-order chi connectivity index (χ0) is 26.4. The Kier molecular flexibility index (Phi) is 7.97. The number of esters is 1. The first kappa shape index (κ1) is 25.6. The highest BCUT2D eigenvalue weighted by molar-refractivity contribution is 6.07. The van der Waals surface area contributed by atoms with Crippen molar-refractivity contribution >= 4 is 35.1 Å². The molecule has 4 rings (SSSR count). The van der Waals surface area contributed by atoms with Crippen LogP contribution in [-0.4, -0.2) is 72.3 Å². The lowest BCUT2D eigenvalue weighted by atomic mass is 9.97. The van der Waals surface area contributed by atoms with E-state index in [1.807, 2.05) is 37.4 Å². The zero-order valence-corrected chi connectivity index (χ0v) is 20.9. The fraction of sp³-hybridized carbons (Fsp3) is 0.296. The van der Waals surface area contributed by atoms with Crippen molar-refractivity contribution in [2.45, 2.75) is 25.4 Å². The quantitative estimate of drug-likeness (QED) is 0.258. The second kappa shape index (κ2) is 11.5. The molecule has 0 saturated carbocycles. The Morgan fingerprint density at radius 2 is 2.00 bits per heavy atom. The van der Waals surface area contributed by atoms with Crippen molar-refractivity contribution in [1.29, 1.82) is 5.41 Å². The van der Waals surface area contributed by atoms with E-state index >= 15 is 0 Å². The van der Waals surface area contributed by atoms with Gasteiger partial charge in [-0.05, 0) is 49.4 Å². The highest BCUT2D eigenvalue weighted by Crippen LogP contribution is 2.26. The fourth-order valence-electron chi connectivity index (χ4n) is 4.25. The maximum atomic E-state index is 13.5. The number of hydrogen-bond donors (Lipinski definition) is 3. The summed E-state index contributed by atoms with van der Waals surface area (Å²) < 4.78 is 5.03. The standard InChI is InChI=1S/C27H31N7O3/c1-3-37-25(35)13-15-34(23-6-4-5-14-30-23)27(36)19-9-12-22-21(16-19)32-24(33(22)2)17-31-20-10-7-18(8-11-20)26(28)29/h4-12,14,16,21-22,31H,3,13,15,17H2,1-2H3,(H3,28,29). The summed E-state index contributed by atoms with van der Waals surface area (Å²) in [5, 5.41) is 10.9. The number of amides is 1. The van der Waals surface area contributed by atoms with Crippen LogP contribution in [0.2, 0.25) is 0 Å². The molecule has 0 bridgehead atoms. The van der Waals surface area contributed by atoms with Crippen molar-refractivity contribution in [2.24, 2.45) is 10.7 Å². The number of nitrogens with zero attached hydrogens (tertiary/aromatic N) is 4. The molecule has 2 heterocycles. The number of aromatic nitrogens is 1. The molecule has 37 heavy (non-hydrogen) atoms. The summed E-state index contributed by atoms with van der Waals surface area (Å²) in [7, 11) is 1.98. The van der Waals surface area contributed by atoms with Gasteiger partial charge in [-0.15, -0.1) is 0 Å². The van der Waals surface area contributed by atoms with Gasteiger partial charge >= 0.3 is 5.97 Å². The molecular weight excluding hydrogens is 470 g/mol. The second-order valence-corrected chi connectivity index (χ2v) is 8.66. The summed E-state index contributed by atoms with van der Waals surface area (Å²) in [5.41, 5.74) is 7.59. The van der Waals surface area contributed by atoms with Crippen LogP contribution in [0.15, 0.2) is 77.5 Å². The number of rotatable bonds is 10. The van der Waals surface area contributed by atoms with Crippen molar-refractivity contribution in [1.82, 2.24) is 9.88 Å². The van der Waals surface area contributed by atoms with Gasteiger partial charge in [-0.1, -0.05) is 18.2 Å². The summed E-state index contributed by atoms with van der Waals surface area (Å²) in [4.78, 5) is 38.2. The fourth-order valence-corrected chi connectivity index (χ4v) is 4.25. The number of likely N-dealkylation sites (N-methyl/N-ethyl adjacent to an activating group) is 1. The Balaban J connectivity index is 1.47. The molecule has 10 nitrogen and oxygen atoms in total.